The molecule has 0 aliphatic rings. The van der Waals surface area contributed by atoms with E-state index in [1.165, 1.54) is 12.0 Å². The van der Waals surface area contributed by atoms with Crippen LogP contribution in [0.15, 0.2) is 34.7 Å². The average molecular weight is 387 g/mol. The number of carbonyl (C=O) groups excluding carboxylic acids is 3. The van der Waals surface area contributed by atoms with E-state index < -0.39 is 5.97 Å². The summed E-state index contributed by atoms with van der Waals surface area (Å²) in [6.45, 7) is 4.31. The summed E-state index contributed by atoms with van der Waals surface area (Å²) in [4.78, 5) is 37.7. The third-order valence-corrected chi connectivity index (χ3v) is 4.25. The van der Waals surface area contributed by atoms with Gasteiger partial charge in [-0.05, 0) is 44.2 Å². The Morgan fingerprint density at radius 3 is 2.39 bits per heavy atom. The van der Waals surface area contributed by atoms with E-state index in [1.807, 2.05) is 6.92 Å². The lowest BCUT2D eigenvalue weighted by molar-refractivity contribution is -0.130. The predicted molar refractivity (Wildman–Crippen MR) is 102 cm³/mol. The van der Waals surface area contributed by atoms with Crippen molar-refractivity contribution in [2.45, 2.75) is 33.2 Å². The number of methoxy groups -OCH3 is 1. The maximum absolute atomic E-state index is 12.3. The van der Waals surface area contributed by atoms with Gasteiger partial charge in [-0.2, -0.15) is 0 Å². The zero-order valence-electron chi connectivity index (χ0n) is 16.6. The molecule has 7 nitrogen and oxygen atoms in total. The van der Waals surface area contributed by atoms with Crippen molar-refractivity contribution in [2.24, 2.45) is 0 Å². The fourth-order valence-electron chi connectivity index (χ4n) is 2.72. The summed E-state index contributed by atoms with van der Waals surface area (Å²) in [5.41, 5.74) is 0.882. The van der Waals surface area contributed by atoms with E-state index in [2.05, 4.69) is 4.74 Å². The van der Waals surface area contributed by atoms with Crippen LogP contribution < -0.4 is 4.74 Å². The first-order valence-electron chi connectivity index (χ1n) is 9.03. The number of nitrogens with zero attached hydrogens (tertiary/aromatic N) is 1. The minimum Gasteiger partial charge on any atom is -0.494 e. The molecule has 0 fully saturated rings. The largest absolute Gasteiger partial charge is 0.494 e. The molecular formula is C21H25NO6. The van der Waals surface area contributed by atoms with Gasteiger partial charge in [0.2, 0.25) is 5.91 Å². The molecule has 0 radical (unpaired) electrons. The Hall–Kier alpha value is -3.09. The van der Waals surface area contributed by atoms with E-state index in [9.17, 15) is 14.4 Å². The van der Waals surface area contributed by atoms with E-state index in [0.29, 0.717) is 35.0 Å². The molecule has 150 valence electrons. The van der Waals surface area contributed by atoms with Gasteiger partial charge in [0.25, 0.3) is 0 Å². The number of furan rings is 1. The first-order chi connectivity index (χ1) is 13.3. The number of ketones is 1. The van der Waals surface area contributed by atoms with Crippen LogP contribution in [0, 0.1) is 6.92 Å². The molecule has 1 aromatic carbocycles. The van der Waals surface area contributed by atoms with Crippen molar-refractivity contribution < 1.29 is 28.3 Å². The Bertz CT molecular complexity index is 837. The highest BCUT2D eigenvalue weighted by Gasteiger charge is 2.18. The molecule has 2 rings (SSSR count). The van der Waals surface area contributed by atoms with Crippen LogP contribution in [0.2, 0.25) is 0 Å². The van der Waals surface area contributed by atoms with Gasteiger partial charge in [0.1, 0.15) is 22.8 Å². The van der Waals surface area contributed by atoms with Crippen molar-refractivity contribution in [2.75, 3.05) is 20.8 Å². The molecule has 28 heavy (non-hydrogen) atoms. The van der Waals surface area contributed by atoms with E-state index in [-0.39, 0.29) is 31.1 Å². The molecule has 0 spiro atoms. The monoisotopic (exact) mass is 387 g/mol. The molecule has 0 saturated heterocycles. The zero-order chi connectivity index (χ0) is 20.7. The Kier molecular flexibility index (Phi) is 7.37. The molecule has 0 saturated carbocycles. The summed E-state index contributed by atoms with van der Waals surface area (Å²) in [5.74, 6) is 0.844. The van der Waals surface area contributed by atoms with Crippen LogP contribution in [0.1, 0.15) is 52.0 Å². The van der Waals surface area contributed by atoms with Crippen LogP contribution in [-0.2, 0) is 16.1 Å². The van der Waals surface area contributed by atoms with Gasteiger partial charge in [-0.3, -0.25) is 9.59 Å². The Morgan fingerprint density at radius 2 is 1.79 bits per heavy atom. The Morgan fingerprint density at radius 1 is 1.11 bits per heavy atom. The molecule has 0 aliphatic carbocycles. The number of hydrogen-bond donors (Lipinski definition) is 0. The van der Waals surface area contributed by atoms with E-state index in [4.69, 9.17) is 9.15 Å². The topological polar surface area (TPSA) is 86.1 Å². The van der Waals surface area contributed by atoms with Crippen LogP contribution in [0.4, 0.5) is 0 Å². The molecule has 1 amide bonds. The number of aryl methyl sites for hydroxylation is 1. The van der Waals surface area contributed by atoms with Crippen LogP contribution >= 0.6 is 0 Å². The van der Waals surface area contributed by atoms with Crippen molar-refractivity contribution in [1.29, 1.82) is 0 Å². The van der Waals surface area contributed by atoms with E-state index >= 15 is 0 Å². The number of amides is 1. The van der Waals surface area contributed by atoms with Crippen LogP contribution in [0.3, 0.4) is 0 Å². The standard InChI is InChI=1S/C21H25NO6/c1-5-27-16-8-6-15(7-9-16)19(23)10-11-20(24)22(3)13-17-12-18(14(2)28-17)21(25)26-4/h6-9,12H,5,10-11,13H2,1-4H3. The van der Waals surface area contributed by atoms with Crippen molar-refractivity contribution in [3.05, 3.63) is 53.0 Å². The minimum absolute atomic E-state index is 0.0894. The summed E-state index contributed by atoms with van der Waals surface area (Å²) in [7, 11) is 2.92. The quantitative estimate of drug-likeness (QED) is 0.484. The SMILES string of the molecule is CCOc1ccc(C(=O)CCC(=O)N(C)Cc2cc(C(=O)OC)c(C)o2)cc1. The highest BCUT2D eigenvalue weighted by atomic mass is 16.5. The van der Waals surface area contributed by atoms with Gasteiger partial charge < -0.3 is 18.8 Å². The number of carbonyl (C=O) groups is 3. The van der Waals surface area contributed by atoms with Crippen LogP contribution in [0.5, 0.6) is 5.75 Å². The zero-order valence-corrected chi connectivity index (χ0v) is 16.6. The number of ether oxygens (including phenoxy) is 2. The van der Waals surface area contributed by atoms with Gasteiger partial charge in [0, 0.05) is 25.5 Å². The minimum atomic E-state index is -0.484. The highest BCUT2D eigenvalue weighted by Crippen LogP contribution is 2.18. The van der Waals surface area contributed by atoms with Gasteiger partial charge in [0.15, 0.2) is 5.78 Å². The van der Waals surface area contributed by atoms with Gasteiger partial charge >= 0.3 is 5.97 Å². The van der Waals surface area contributed by atoms with E-state index in [0.717, 1.165) is 0 Å². The normalized spacial score (nSPS) is 10.4. The highest BCUT2D eigenvalue weighted by molar-refractivity contribution is 5.98. The van der Waals surface area contributed by atoms with Gasteiger partial charge in [-0.15, -0.1) is 0 Å². The number of esters is 1. The molecule has 0 atom stereocenters. The van der Waals surface area contributed by atoms with Crippen molar-refractivity contribution in [3.8, 4) is 5.75 Å². The maximum Gasteiger partial charge on any atom is 0.341 e. The molecule has 0 aliphatic heterocycles. The molecule has 0 bridgehead atoms. The fourth-order valence-corrected chi connectivity index (χ4v) is 2.72. The second-order valence-electron chi connectivity index (χ2n) is 6.30. The molecule has 7 heteroatoms. The van der Waals surface area contributed by atoms with Crippen LogP contribution in [0.25, 0.3) is 0 Å². The van der Waals surface area contributed by atoms with Gasteiger partial charge in [0.05, 0.1) is 20.3 Å². The van der Waals surface area contributed by atoms with Crippen LogP contribution in [-0.4, -0.2) is 43.3 Å². The molecule has 0 N–H and O–H groups in total. The average Bonchev–Trinajstić information content (AvgIpc) is 3.06. The number of benzene rings is 1. The summed E-state index contributed by atoms with van der Waals surface area (Å²) in [6.07, 6.45) is 0.202. The Balaban J connectivity index is 1.88. The third kappa shape index (κ3) is 5.45. The van der Waals surface area contributed by atoms with E-state index in [1.54, 1.807) is 44.3 Å². The second-order valence-corrected chi connectivity index (χ2v) is 6.30. The van der Waals surface area contributed by atoms with Crippen molar-refractivity contribution >= 4 is 17.7 Å². The molecule has 1 aromatic heterocycles. The summed E-state index contributed by atoms with van der Waals surface area (Å²) < 4.78 is 15.5. The number of Topliss-reactive ketones (excluding diaryl/α,β-unsaturated/α-hetero) is 1. The fraction of sp³-hybridized carbons (Fsp3) is 0.381. The lowest BCUT2D eigenvalue weighted by Gasteiger charge is -2.15. The number of rotatable bonds is 9. The third-order valence-electron chi connectivity index (χ3n) is 4.25. The summed E-state index contributed by atoms with van der Waals surface area (Å²) in [5, 5.41) is 0. The second kappa shape index (κ2) is 9.73. The first kappa shape index (κ1) is 21.2. The number of hydrogen-bond acceptors (Lipinski definition) is 6. The summed E-state index contributed by atoms with van der Waals surface area (Å²) in [6, 6.07) is 8.44. The molecular weight excluding hydrogens is 362 g/mol. The lowest BCUT2D eigenvalue weighted by Crippen LogP contribution is -2.26. The van der Waals surface area contributed by atoms with Crippen molar-refractivity contribution in [1.82, 2.24) is 4.90 Å². The van der Waals surface area contributed by atoms with Gasteiger partial charge in [-0.25, -0.2) is 4.79 Å². The first-order valence-corrected chi connectivity index (χ1v) is 9.03. The maximum atomic E-state index is 12.3. The molecule has 2 aromatic rings. The summed E-state index contributed by atoms with van der Waals surface area (Å²) >= 11 is 0. The lowest BCUT2D eigenvalue weighted by atomic mass is 10.1. The predicted octanol–water partition coefficient (Wildman–Crippen LogP) is 3.39. The van der Waals surface area contributed by atoms with Crippen molar-refractivity contribution in [3.63, 3.8) is 0 Å². The Labute approximate surface area is 164 Å². The van der Waals surface area contributed by atoms with Gasteiger partial charge in [-0.1, -0.05) is 0 Å². The molecule has 0 unspecified atom stereocenters. The molecule has 1 heterocycles. The smallest absolute Gasteiger partial charge is 0.341 e.